The van der Waals surface area contributed by atoms with E-state index in [1.165, 1.54) is 6.07 Å². The first-order valence-electron chi connectivity index (χ1n) is 6.01. The minimum absolute atomic E-state index is 0.0413. The van der Waals surface area contributed by atoms with Gasteiger partial charge in [0.1, 0.15) is 4.90 Å². The Bertz CT molecular complexity index is 730. The van der Waals surface area contributed by atoms with Crippen LogP contribution in [0.3, 0.4) is 0 Å². The molecule has 2 aromatic carbocycles. The standard InChI is InChI=1S/C14H15ClN2O2S/c1-10-4-2-3-5-13(10)17-20(18,19)14-7-6-11(9-16)8-12(14)15/h2-8,17H,9,16H2,1H3. The van der Waals surface area contributed by atoms with E-state index < -0.39 is 10.0 Å². The van der Waals surface area contributed by atoms with E-state index in [-0.39, 0.29) is 9.92 Å². The summed E-state index contributed by atoms with van der Waals surface area (Å²) in [6.45, 7) is 2.14. The number of anilines is 1. The molecule has 0 saturated carbocycles. The van der Waals surface area contributed by atoms with Crippen LogP contribution in [-0.2, 0) is 16.6 Å². The molecule has 2 rings (SSSR count). The number of hydrogen-bond acceptors (Lipinski definition) is 3. The van der Waals surface area contributed by atoms with E-state index in [9.17, 15) is 8.42 Å². The van der Waals surface area contributed by atoms with Crippen molar-refractivity contribution < 1.29 is 8.42 Å². The Labute approximate surface area is 123 Å². The highest BCUT2D eigenvalue weighted by atomic mass is 35.5. The predicted molar refractivity (Wildman–Crippen MR) is 81.3 cm³/mol. The lowest BCUT2D eigenvalue weighted by Gasteiger charge is -2.12. The van der Waals surface area contributed by atoms with Crippen LogP contribution < -0.4 is 10.5 Å². The third-order valence-electron chi connectivity index (χ3n) is 2.91. The molecule has 2 aromatic rings. The molecule has 4 nitrogen and oxygen atoms in total. The van der Waals surface area contributed by atoms with E-state index in [0.29, 0.717) is 12.2 Å². The minimum atomic E-state index is -3.71. The molecule has 0 aromatic heterocycles. The van der Waals surface area contributed by atoms with Crippen LogP contribution in [0, 0.1) is 6.92 Å². The van der Waals surface area contributed by atoms with Crippen LogP contribution in [0.1, 0.15) is 11.1 Å². The highest BCUT2D eigenvalue weighted by Crippen LogP contribution is 2.25. The Morgan fingerprint density at radius 3 is 2.50 bits per heavy atom. The number of para-hydroxylation sites is 1. The third-order valence-corrected chi connectivity index (χ3v) is 4.76. The molecule has 0 spiro atoms. The molecular formula is C14H15ClN2O2S. The molecule has 0 heterocycles. The number of nitrogens with two attached hydrogens (primary N) is 1. The zero-order chi connectivity index (χ0) is 14.8. The fourth-order valence-electron chi connectivity index (χ4n) is 1.78. The fourth-order valence-corrected chi connectivity index (χ4v) is 3.48. The normalized spacial score (nSPS) is 11.3. The van der Waals surface area contributed by atoms with Gasteiger partial charge in [-0.1, -0.05) is 35.9 Å². The van der Waals surface area contributed by atoms with Crippen molar-refractivity contribution in [1.82, 2.24) is 0 Å². The molecule has 0 amide bonds. The SMILES string of the molecule is Cc1ccccc1NS(=O)(=O)c1ccc(CN)cc1Cl. The molecule has 106 valence electrons. The molecule has 0 atom stereocenters. The lowest BCUT2D eigenvalue weighted by atomic mass is 10.2. The van der Waals surface area contributed by atoms with E-state index in [1.54, 1.807) is 24.3 Å². The largest absolute Gasteiger partial charge is 0.326 e. The number of rotatable bonds is 4. The second kappa shape index (κ2) is 5.83. The van der Waals surface area contributed by atoms with Gasteiger partial charge in [-0.25, -0.2) is 8.42 Å². The van der Waals surface area contributed by atoms with E-state index >= 15 is 0 Å². The van der Waals surface area contributed by atoms with E-state index in [4.69, 9.17) is 17.3 Å². The number of sulfonamides is 1. The van der Waals surface area contributed by atoms with Gasteiger partial charge in [0.05, 0.1) is 10.7 Å². The highest BCUT2D eigenvalue weighted by molar-refractivity contribution is 7.92. The van der Waals surface area contributed by atoms with Gasteiger partial charge in [0, 0.05) is 6.54 Å². The van der Waals surface area contributed by atoms with Crippen LogP contribution in [0.5, 0.6) is 0 Å². The maximum atomic E-state index is 12.3. The second-order valence-corrected chi connectivity index (χ2v) is 6.45. The van der Waals surface area contributed by atoms with Gasteiger partial charge in [-0.05, 0) is 36.2 Å². The number of aryl methyl sites for hydroxylation is 1. The van der Waals surface area contributed by atoms with Crippen LogP contribution in [0.2, 0.25) is 5.02 Å². The molecule has 0 aliphatic carbocycles. The van der Waals surface area contributed by atoms with Gasteiger partial charge in [0.25, 0.3) is 10.0 Å². The zero-order valence-electron chi connectivity index (χ0n) is 10.9. The van der Waals surface area contributed by atoms with Crippen LogP contribution in [-0.4, -0.2) is 8.42 Å². The molecule has 0 bridgehead atoms. The van der Waals surface area contributed by atoms with Gasteiger partial charge in [-0.15, -0.1) is 0 Å². The van der Waals surface area contributed by atoms with Gasteiger partial charge < -0.3 is 5.73 Å². The second-order valence-electron chi connectivity index (χ2n) is 4.39. The number of nitrogens with one attached hydrogen (secondary N) is 1. The first-order chi connectivity index (χ1) is 9.44. The summed E-state index contributed by atoms with van der Waals surface area (Å²) in [5.74, 6) is 0. The summed E-state index contributed by atoms with van der Waals surface area (Å²) < 4.78 is 27.2. The molecule has 0 aliphatic heterocycles. The Hall–Kier alpha value is -1.56. The third kappa shape index (κ3) is 3.12. The number of benzene rings is 2. The molecular weight excluding hydrogens is 296 g/mol. The molecule has 0 radical (unpaired) electrons. The van der Waals surface area contributed by atoms with Crippen molar-refractivity contribution >= 4 is 27.3 Å². The maximum Gasteiger partial charge on any atom is 0.263 e. The van der Waals surface area contributed by atoms with Gasteiger partial charge in [-0.2, -0.15) is 0 Å². The van der Waals surface area contributed by atoms with E-state index in [2.05, 4.69) is 4.72 Å². The van der Waals surface area contributed by atoms with Crippen molar-refractivity contribution in [3.63, 3.8) is 0 Å². The summed E-state index contributed by atoms with van der Waals surface area (Å²) >= 11 is 6.02. The summed E-state index contributed by atoms with van der Waals surface area (Å²) in [4.78, 5) is 0.0413. The van der Waals surface area contributed by atoms with Gasteiger partial charge >= 0.3 is 0 Å². The van der Waals surface area contributed by atoms with Crippen LogP contribution in [0.25, 0.3) is 0 Å². The van der Waals surface area contributed by atoms with Crippen molar-refractivity contribution in [3.05, 3.63) is 58.6 Å². The van der Waals surface area contributed by atoms with Gasteiger partial charge in [0.2, 0.25) is 0 Å². The van der Waals surface area contributed by atoms with Crippen LogP contribution in [0.15, 0.2) is 47.4 Å². The first-order valence-corrected chi connectivity index (χ1v) is 7.87. The van der Waals surface area contributed by atoms with E-state index in [0.717, 1.165) is 11.1 Å². The molecule has 0 saturated heterocycles. The van der Waals surface area contributed by atoms with E-state index in [1.807, 2.05) is 19.1 Å². The maximum absolute atomic E-state index is 12.3. The summed E-state index contributed by atoms with van der Waals surface area (Å²) in [6, 6.07) is 11.8. The Kier molecular flexibility index (Phi) is 4.32. The monoisotopic (exact) mass is 310 g/mol. The molecule has 0 fully saturated rings. The van der Waals surface area contributed by atoms with Crippen molar-refractivity contribution in [3.8, 4) is 0 Å². The lowest BCUT2D eigenvalue weighted by molar-refractivity contribution is 0.601. The smallest absolute Gasteiger partial charge is 0.263 e. The Morgan fingerprint density at radius 2 is 1.90 bits per heavy atom. The average molecular weight is 311 g/mol. The molecule has 20 heavy (non-hydrogen) atoms. The molecule has 0 unspecified atom stereocenters. The zero-order valence-corrected chi connectivity index (χ0v) is 12.5. The van der Waals surface area contributed by atoms with Crippen LogP contribution >= 0.6 is 11.6 Å². The van der Waals surface area contributed by atoms with Crippen molar-refractivity contribution in [2.75, 3.05) is 4.72 Å². The van der Waals surface area contributed by atoms with Crippen molar-refractivity contribution in [2.45, 2.75) is 18.4 Å². The number of hydrogen-bond donors (Lipinski definition) is 2. The number of halogens is 1. The minimum Gasteiger partial charge on any atom is -0.326 e. The molecule has 3 N–H and O–H groups in total. The van der Waals surface area contributed by atoms with Gasteiger partial charge in [0.15, 0.2) is 0 Å². The lowest BCUT2D eigenvalue weighted by Crippen LogP contribution is -2.14. The topological polar surface area (TPSA) is 72.2 Å². The summed E-state index contributed by atoms with van der Waals surface area (Å²) in [7, 11) is -3.71. The summed E-state index contributed by atoms with van der Waals surface area (Å²) in [5.41, 5.74) is 7.65. The van der Waals surface area contributed by atoms with Gasteiger partial charge in [-0.3, -0.25) is 4.72 Å². The summed E-state index contributed by atoms with van der Waals surface area (Å²) in [6.07, 6.45) is 0. The summed E-state index contributed by atoms with van der Waals surface area (Å²) in [5, 5.41) is 0.161. The van der Waals surface area contributed by atoms with Crippen molar-refractivity contribution in [2.24, 2.45) is 5.73 Å². The fraction of sp³-hybridized carbons (Fsp3) is 0.143. The highest BCUT2D eigenvalue weighted by Gasteiger charge is 2.18. The molecule has 0 aliphatic rings. The quantitative estimate of drug-likeness (QED) is 0.912. The Morgan fingerprint density at radius 1 is 1.20 bits per heavy atom. The first kappa shape index (κ1) is 14.8. The van der Waals surface area contributed by atoms with Crippen LogP contribution in [0.4, 0.5) is 5.69 Å². The average Bonchev–Trinajstić information content (AvgIpc) is 2.40. The van der Waals surface area contributed by atoms with Crippen molar-refractivity contribution in [1.29, 1.82) is 0 Å². The Balaban J connectivity index is 2.39. The predicted octanol–water partition coefficient (Wildman–Crippen LogP) is 2.91. The molecule has 6 heteroatoms.